The molecule has 0 bridgehead atoms. The summed E-state index contributed by atoms with van der Waals surface area (Å²) in [7, 11) is -2.57. The van der Waals surface area contributed by atoms with Crippen LogP contribution in [0.5, 0.6) is 0 Å². The van der Waals surface area contributed by atoms with Gasteiger partial charge in [-0.05, 0) is 5.87 Å². The van der Waals surface area contributed by atoms with E-state index in [1.165, 1.54) is 6.26 Å². The Labute approximate surface area is 47.7 Å². The van der Waals surface area contributed by atoms with E-state index in [1.807, 2.05) is 0 Å². The Morgan fingerprint density at radius 1 is 1.88 bits per heavy atom. The minimum atomic E-state index is -2.57. The molecule has 0 aromatic heterocycles. The van der Waals surface area contributed by atoms with Gasteiger partial charge < -0.3 is 5.11 Å². The number of carbonyl (C=O) groups is 1. The second-order valence-corrected chi connectivity index (χ2v) is 3.63. The van der Waals surface area contributed by atoms with Crippen molar-refractivity contribution >= 4 is 21.7 Å². The Balaban J connectivity index is 3.95. The van der Waals surface area contributed by atoms with Gasteiger partial charge in [0, 0.05) is 16.0 Å². The number of nitrogens with one attached hydrogen (secondary N) is 1. The number of hydrogen-bond donors (Lipinski definition) is 2. The summed E-state index contributed by atoms with van der Waals surface area (Å²) in [5, 5.41) is 7.92. The molecule has 0 aromatic rings. The first-order valence-corrected chi connectivity index (χ1v) is 3.88. The smallest absolute Gasteiger partial charge is 0.416 e. The van der Waals surface area contributed by atoms with Crippen molar-refractivity contribution in [3.63, 3.8) is 0 Å². The predicted molar refractivity (Wildman–Crippen MR) is 32.3 cm³/mol. The van der Waals surface area contributed by atoms with Crippen LogP contribution >= 0.6 is 0 Å². The van der Waals surface area contributed by atoms with Crippen LogP contribution in [0.3, 0.4) is 0 Å². The van der Waals surface area contributed by atoms with Gasteiger partial charge >= 0.3 is 6.09 Å². The van der Waals surface area contributed by atoms with Crippen LogP contribution in [0.15, 0.2) is 0 Å². The quantitative estimate of drug-likeness (QED) is 0.479. The molecule has 5 heteroatoms. The van der Waals surface area contributed by atoms with E-state index in [0.29, 0.717) is 0 Å². The second-order valence-electron chi connectivity index (χ2n) is 1.41. The van der Waals surface area contributed by atoms with E-state index in [-0.39, 0.29) is 0 Å². The lowest BCUT2D eigenvalue weighted by atomic mass is 11.3. The summed E-state index contributed by atoms with van der Waals surface area (Å²) >= 11 is 0. The maximum Gasteiger partial charge on any atom is 0.416 e. The Hall–Kier alpha value is -0.710. The first-order valence-electron chi connectivity index (χ1n) is 1.75. The van der Waals surface area contributed by atoms with Crippen molar-refractivity contribution in [3.8, 4) is 0 Å². The van der Waals surface area contributed by atoms with Crippen molar-refractivity contribution < 1.29 is 14.1 Å². The summed E-state index contributed by atoms with van der Waals surface area (Å²) in [4.78, 5) is 9.68. The molecular weight excluding hydrogens is 130 g/mol. The van der Waals surface area contributed by atoms with Gasteiger partial charge in [0.2, 0.25) is 0 Å². The molecule has 0 radical (unpaired) electrons. The van der Waals surface area contributed by atoms with E-state index < -0.39 is 15.8 Å². The molecule has 0 aliphatic heterocycles. The Bertz CT molecular complexity index is 181. The third kappa shape index (κ3) is 5.29. The molecule has 1 atom stereocenters. The van der Waals surface area contributed by atoms with Crippen LogP contribution in [-0.2, 0) is 9.71 Å². The average Bonchev–Trinajstić information content (AvgIpc) is 1.21. The molecule has 0 aliphatic rings. The number of rotatable bonds is 1. The minimum absolute atomic E-state index is 1.21. The zero-order chi connectivity index (χ0) is 6.78. The van der Waals surface area contributed by atoms with Gasteiger partial charge in [0.15, 0.2) is 0 Å². The van der Waals surface area contributed by atoms with Gasteiger partial charge in [0.25, 0.3) is 0 Å². The Morgan fingerprint density at radius 2 is 2.25 bits per heavy atom. The van der Waals surface area contributed by atoms with E-state index in [1.54, 1.807) is 4.72 Å². The standard InChI is InChI=1S/C3H7NO3S/c1-8(2,7)4-3(5)6/h1H2,2H3,(H,4,7)(H,5,6). The zero-order valence-corrected chi connectivity index (χ0v) is 5.20. The topological polar surface area (TPSA) is 66.4 Å². The van der Waals surface area contributed by atoms with Crippen LogP contribution in [0.2, 0.25) is 0 Å². The van der Waals surface area contributed by atoms with E-state index in [9.17, 15) is 9.00 Å². The van der Waals surface area contributed by atoms with E-state index >= 15 is 0 Å². The Kier molecular flexibility index (Phi) is 1.86. The lowest BCUT2D eigenvalue weighted by molar-refractivity contribution is 0.201. The average molecular weight is 137 g/mol. The Morgan fingerprint density at radius 3 is 2.25 bits per heavy atom. The molecule has 48 valence electrons. The highest BCUT2D eigenvalue weighted by atomic mass is 32.2. The van der Waals surface area contributed by atoms with Crippen molar-refractivity contribution in [1.29, 1.82) is 0 Å². The van der Waals surface area contributed by atoms with E-state index in [4.69, 9.17) is 5.11 Å². The van der Waals surface area contributed by atoms with Gasteiger partial charge in [-0.15, -0.1) is 0 Å². The third-order valence-electron chi connectivity index (χ3n) is 0.303. The highest BCUT2D eigenvalue weighted by molar-refractivity contribution is 7.98. The highest BCUT2D eigenvalue weighted by Crippen LogP contribution is 1.70. The maximum absolute atomic E-state index is 10.4. The molecule has 0 heterocycles. The van der Waals surface area contributed by atoms with Crippen molar-refractivity contribution in [2.75, 3.05) is 6.26 Å². The van der Waals surface area contributed by atoms with Crippen molar-refractivity contribution in [1.82, 2.24) is 4.72 Å². The lowest BCUT2D eigenvalue weighted by Gasteiger charge is -1.97. The summed E-state index contributed by atoms with van der Waals surface area (Å²) in [6.07, 6.45) is -0.103. The molecule has 2 N–H and O–H groups in total. The van der Waals surface area contributed by atoms with Crippen molar-refractivity contribution in [2.24, 2.45) is 0 Å². The molecule has 0 spiro atoms. The SMILES string of the molecule is C=S(C)(=O)NC(=O)O. The second kappa shape index (κ2) is 2.04. The number of amides is 1. The van der Waals surface area contributed by atoms with E-state index in [0.717, 1.165) is 0 Å². The summed E-state index contributed by atoms with van der Waals surface area (Å²) in [6.45, 7) is 0. The molecular formula is C3H7NO3S. The lowest BCUT2D eigenvalue weighted by Crippen LogP contribution is -2.27. The van der Waals surface area contributed by atoms with Gasteiger partial charge in [-0.25, -0.2) is 13.7 Å². The first kappa shape index (κ1) is 7.29. The fourth-order valence-corrected chi connectivity index (χ4v) is 0.554. The fraction of sp³-hybridized carbons (Fsp3) is 0.333. The van der Waals surface area contributed by atoms with Crippen LogP contribution in [0, 0.1) is 0 Å². The van der Waals surface area contributed by atoms with Gasteiger partial charge in [0.1, 0.15) is 0 Å². The summed E-state index contributed by atoms with van der Waals surface area (Å²) in [5.41, 5.74) is 0. The summed E-state index contributed by atoms with van der Waals surface area (Å²) < 4.78 is 12.1. The van der Waals surface area contributed by atoms with Gasteiger partial charge in [-0.3, -0.25) is 0 Å². The van der Waals surface area contributed by atoms with Crippen LogP contribution < -0.4 is 4.72 Å². The van der Waals surface area contributed by atoms with Gasteiger partial charge in [-0.1, -0.05) is 0 Å². The molecule has 0 aromatic carbocycles. The molecule has 0 saturated carbocycles. The normalized spacial score (nSPS) is 16.6. The highest BCUT2D eigenvalue weighted by Gasteiger charge is 1.96. The zero-order valence-electron chi connectivity index (χ0n) is 4.38. The van der Waals surface area contributed by atoms with Gasteiger partial charge in [0.05, 0.1) is 0 Å². The molecule has 0 aliphatic carbocycles. The number of hydrogen-bond acceptors (Lipinski definition) is 2. The largest absolute Gasteiger partial charge is 0.464 e. The summed E-state index contributed by atoms with van der Waals surface area (Å²) in [5.74, 6) is 3.05. The molecule has 4 nitrogen and oxygen atoms in total. The maximum atomic E-state index is 10.4. The van der Waals surface area contributed by atoms with Crippen LogP contribution in [0.1, 0.15) is 0 Å². The molecule has 1 unspecified atom stereocenters. The van der Waals surface area contributed by atoms with Crippen LogP contribution in [0.25, 0.3) is 0 Å². The third-order valence-corrected chi connectivity index (χ3v) is 0.910. The fourth-order valence-electron chi connectivity index (χ4n) is 0.185. The number of carboxylic acid groups (broad SMARTS) is 1. The van der Waals surface area contributed by atoms with Crippen molar-refractivity contribution in [2.45, 2.75) is 0 Å². The van der Waals surface area contributed by atoms with Crippen molar-refractivity contribution in [3.05, 3.63) is 0 Å². The molecule has 0 rings (SSSR count). The molecule has 0 saturated heterocycles. The van der Waals surface area contributed by atoms with Crippen LogP contribution in [-0.4, -0.2) is 27.5 Å². The predicted octanol–water partition coefficient (Wildman–Crippen LogP) is -0.485. The molecule has 8 heavy (non-hydrogen) atoms. The minimum Gasteiger partial charge on any atom is -0.464 e. The molecule has 1 amide bonds. The summed E-state index contributed by atoms with van der Waals surface area (Å²) in [6, 6.07) is 0. The first-order chi connectivity index (χ1) is 3.42. The van der Waals surface area contributed by atoms with Gasteiger partial charge in [-0.2, -0.15) is 0 Å². The van der Waals surface area contributed by atoms with E-state index in [2.05, 4.69) is 5.87 Å². The van der Waals surface area contributed by atoms with Crippen LogP contribution in [0.4, 0.5) is 4.79 Å². The molecule has 0 fully saturated rings. The monoisotopic (exact) mass is 137 g/mol.